The molecule has 0 bridgehead atoms. The third kappa shape index (κ3) is 16.3. The highest BCUT2D eigenvalue weighted by Crippen LogP contribution is 2.15. The van der Waals surface area contributed by atoms with Gasteiger partial charge in [0.15, 0.2) is 0 Å². The van der Waals surface area contributed by atoms with Crippen LogP contribution >= 0.6 is 0 Å². The van der Waals surface area contributed by atoms with Crippen LogP contribution in [0.15, 0.2) is 30.3 Å². The van der Waals surface area contributed by atoms with Gasteiger partial charge in [0.25, 0.3) is 0 Å². The quantitative estimate of drug-likeness (QED) is 0.0948. The van der Waals surface area contributed by atoms with Crippen molar-refractivity contribution < 1.29 is 39.0 Å². The molecule has 0 saturated carbocycles. The molecular formula is C38H63N5O8. The summed E-state index contributed by atoms with van der Waals surface area (Å²) in [5.41, 5.74) is 0.780. The molecule has 0 spiro atoms. The average Bonchev–Trinajstić information content (AvgIpc) is 3.02. The molecule has 13 nitrogen and oxygen atoms in total. The fourth-order valence-electron chi connectivity index (χ4n) is 5.56. The number of benzene rings is 1. The van der Waals surface area contributed by atoms with E-state index in [-0.39, 0.29) is 42.4 Å². The number of nitrogens with one attached hydrogen (secondary N) is 5. The lowest BCUT2D eigenvalue weighted by Crippen LogP contribution is -2.59. The van der Waals surface area contributed by atoms with Crippen molar-refractivity contribution in [1.29, 1.82) is 0 Å². The second kappa shape index (κ2) is 22.0. The van der Waals surface area contributed by atoms with E-state index < -0.39 is 78.2 Å². The fraction of sp³-hybridized carbons (Fsp3) is 0.684. The van der Waals surface area contributed by atoms with E-state index in [4.69, 9.17) is 0 Å². The Morgan fingerprint density at radius 3 is 1.65 bits per heavy atom. The number of hydrogen-bond donors (Lipinski definition) is 7. The first-order valence-corrected chi connectivity index (χ1v) is 18.2. The molecule has 0 aliphatic rings. The van der Waals surface area contributed by atoms with Crippen LogP contribution in [0, 0.1) is 29.6 Å². The molecule has 0 aliphatic heterocycles. The second-order valence-corrected chi connectivity index (χ2v) is 15.2. The summed E-state index contributed by atoms with van der Waals surface area (Å²) in [6.07, 6.45) is -0.575. The zero-order valence-electron chi connectivity index (χ0n) is 32.1. The van der Waals surface area contributed by atoms with Gasteiger partial charge in [0.1, 0.15) is 24.2 Å². The molecule has 0 fully saturated rings. The zero-order chi connectivity index (χ0) is 39.0. The molecule has 0 aliphatic carbocycles. The van der Waals surface area contributed by atoms with Crippen LogP contribution in [0.1, 0.15) is 100 Å². The Morgan fingerprint density at radius 2 is 1.16 bits per heavy atom. The van der Waals surface area contributed by atoms with Crippen molar-refractivity contribution in [1.82, 2.24) is 26.6 Å². The van der Waals surface area contributed by atoms with Crippen molar-refractivity contribution in [2.45, 2.75) is 138 Å². The lowest BCUT2D eigenvalue weighted by Gasteiger charge is -2.30. The molecule has 13 heteroatoms. The Kier molecular flexibility index (Phi) is 19.5. The van der Waals surface area contributed by atoms with E-state index in [0.29, 0.717) is 12.8 Å². The molecule has 0 radical (unpaired) electrons. The first-order valence-electron chi connectivity index (χ1n) is 18.2. The molecule has 1 rings (SSSR count). The smallest absolute Gasteiger partial charge is 0.326 e. The molecule has 0 heterocycles. The van der Waals surface area contributed by atoms with Crippen molar-refractivity contribution in [3.8, 4) is 0 Å². The number of carbonyl (C=O) groups excluding carboxylic acids is 5. The van der Waals surface area contributed by atoms with Crippen molar-refractivity contribution in [3.63, 3.8) is 0 Å². The predicted molar refractivity (Wildman–Crippen MR) is 196 cm³/mol. The van der Waals surface area contributed by atoms with Crippen molar-refractivity contribution >= 4 is 35.5 Å². The van der Waals surface area contributed by atoms with Crippen LogP contribution in [0.2, 0.25) is 0 Å². The van der Waals surface area contributed by atoms with E-state index in [1.165, 1.54) is 0 Å². The lowest BCUT2D eigenvalue weighted by atomic mass is 9.95. The molecular weight excluding hydrogens is 654 g/mol. The Morgan fingerprint density at radius 1 is 0.627 bits per heavy atom. The number of carboxylic acid groups (broad SMARTS) is 1. The van der Waals surface area contributed by atoms with Crippen LogP contribution in [-0.2, 0) is 35.2 Å². The Bertz CT molecular complexity index is 1290. The molecule has 1 aromatic carbocycles. The van der Waals surface area contributed by atoms with E-state index in [9.17, 15) is 39.0 Å². The largest absolute Gasteiger partial charge is 0.480 e. The van der Waals surface area contributed by atoms with Gasteiger partial charge in [-0.25, -0.2) is 4.79 Å². The highest BCUT2D eigenvalue weighted by atomic mass is 16.4. The van der Waals surface area contributed by atoms with Gasteiger partial charge >= 0.3 is 5.97 Å². The molecule has 0 aromatic heterocycles. The number of aliphatic hydroxyl groups excluding tert-OH is 1. The summed E-state index contributed by atoms with van der Waals surface area (Å²) in [5.74, 6) is -4.74. The molecule has 288 valence electrons. The first-order chi connectivity index (χ1) is 23.8. The van der Waals surface area contributed by atoms with Gasteiger partial charge in [0.05, 0.1) is 18.6 Å². The van der Waals surface area contributed by atoms with Gasteiger partial charge in [-0.15, -0.1) is 0 Å². The van der Waals surface area contributed by atoms with E-state index in [1.807, 2.05) is 65.0 Å². The molecule has 0 saturated heterocycles. The van der Waals surface area contributed by atoms with Gasteiger partial charge in [-0.05, 0) is 48.0 Å². The number of hydrogen-bond acceptors (Lipinski definition) is 7. The summed E-state index contributed by atoms with van der Waals surface area (Å²) in [5, 5.41) is 34.6. The van der Waals surface area contributed by atoms with E-state index >= 15 is 0 Å². The van der Waals surface area contributed by atoms with Gasteiger partial charge in [0, 0.05) is 6.42 Å². The van der Waals surface area contributed by atoms with Crippen LogP contribution in [0.5, 0.6) is 0 Å². The van der Waals surface area contributed by atoms with Crippen LogP contribution in [0.3, 0.4) is 0 Å². The summed E-state index contributed by atoms with van der Waals surface area (Å²) in [6, 6.07) is 4.05. The molecule has 3 unspecified atom stereocenters. The highest BCUT2D eigenvalue weighted by Gasteiger charge is 2.34. The number of carboxylic acids is 1. The fourth-order valence-corrected chi connectivity index (χ4v) is 5.56. The average molecular weight is 718 g/mol. The van der Waals surface area contributed by atoms with E-state index in [1.54, 1.807) is 34.6 Å². The minimum absolute atomic E-state index is 0.0859. The van der Waals surface area contributed by atoms with Crippen molar-refractivity contribution in [2.24, 2.45) is 29.6 Å². The normalized spacial score (nSPS) is 15.7. The minimum Gasteiger partial charge on any atom is -0.480 e. The predicted octanol–water partition coefficient (Wildman–Crippen LogP) is 2.94. The number of aliphatic hydroxyl groups is 1. The number of rotatable bonds is 22. The van der Waals surface area contributed by atoms with E-state index in [2.05, 4.69) is 26.6 Å². The summed E-state index contributed by atoms with van der Waals surface area (Å²) < 4.78 is 0. The van der Waals surface area contributed by atoms with Crippen LogP contribution in [0.25, 0.3) is 0 Å². The number of aliphatic carboxylic acids is 1. The van der Waals surface area contributed by atoms with Gasteiger partial charge in [-0.1, -0.05) is 106 Å². The lowest BCUT2D eigenvalue weighted by molar-refractivity contribution is -0.143. The third-order valence-electron chi connectivity index (χ3n) is 8.73. The maximum absolute atomic E-state index is 13.8. The Hall–Kier alpha value is -4.00. The standard InChI is InChI=1S/C38H63N5O8/c1-11-25(10)34(37(49)43-33(24(8)9)38(50)51)41-31(46)20-29(44)27(19-26-15-13-12-14-16-26)40-36(48)32(23(6)7)42-35(47)28(17-21(2)3)39-30(45)18-22(4)5/h12-16,21-25,27-29,32-34,44H,11,17-20H2,1-10H3,(H,39,45)(H,40,48)(H,41,46)(H,42,47)(H,43,49)(H,50,51)/t25-,27-,28?,29-,32?,33?,34-/m0/s1. The third-order valence-corrected chi connectivity index (χ3v) is 8.73. The van der Waals surface area contributed by atoms with Crippen molar-refractivity contribution in [3.05, 3.63) is 35.9 Å². The number of amides is 5. The maximum atomic E-state index is 13.8. The summed E-state index contributed by atoms with van der Waals surface area (Å²) >= 11 is 0. The summed E-state index contributed by atoms with van der Waals surface area (Å²) in [7, 11) is 0. The van der Waals surface area contributed by atoms with E-state index in [0.717, 1.165) is 5.56 Å². The summed E-state index contributed by atoms with van der Waals surface area (Å²) in [4.78, 5) is 78.1. The molecule has 51 heavy (non-hydrogen) atoms. The first kappa shape index (κ1) is 45.0. The van der Waals surface area contributed by atoms with Gasteiger partial charge in [0.2, 0.25) is 29.5 Å². The molecule has 7 atom stereocenters. The highest BCUT2D eigenvalue weighted by molar-refractivity contribution is 5.93. The zero-order valence-corrected chi connectivity index (χ0v) is 32.1. The topological polar surface area (TPSA) is 203 Å². The van der Waals surface area contributed by atoms with Crippen LogP contribution in [0.4, 0.5) is 0 Å². The van der Waals surface area contributed by atoms with Crippen LogP contribution < -0.4 is 26.6 Å². The maximum Gasteiger partial charge on any atom is 0.326 e. The molecule has 7 N–H and O–H groups in total. The summed E-state index contributed by atoms with van der Waals surface area (Å²) in [6.45, 7) is 18.1. The van der Waals surface area contributed by atoms with Gasteiger partial charge in [-0.2, -0.15) is 0 Å². The van der Waals surface area contributed by atoms with Crippen LogP contribution in [-0.4, -0.2) is 82.0 Å². The monoisotopic (exact) mass is 717 g/mol. The Balaban J connectivity index is 3.24. The van der Waals surface area contributed by atoms with Gasteiger partial charge < -0.3 is 36.8 Å². The number of carbonyl (C=O) groups is 6. The second-order valence-electron chi connectivity index (χ2n) is 15.2. The molecule has 1 aromatic rings. The Labute approximate surface area is 303 Å². The minimum atomic E-state index is -1.40. The van der Waals surface area contributed by atoms with Crippen molar-refractivity contribution in [2.75, 3.05) is 0 Å². The molecule has 5 amide bonds. The van der Waals surface area contributed by atoms with Gasteiger partial charge in [-0.3, -0.25) is 24.0 Å². The SMILES string of the molecule is CC[C@H](C)[C@H](NC(=O)C[C@H](O)[C@H](Cc1ccccc1)NC(=O)C(NC(=O)C(CC(C)C)NC(=O)CC(C)C)C(C)C)C(=O)NC(C(=O)O)C(C)C.